The molecule has 31 heavy (non-hydrogen) atoms. The van der Waals surface area contributed by atoms with E-state index in [-0.39, 0.29) is 30.5 Å². The molecule has 0 amide bonds. The highest BCUT2D eigenvalue weighted by atomic mass is 19.1. The molecular weight excluding hydrogens is 393 g/mol. The predicted octanol–water partition coefficient (Wildman–Crippen LogP) is 3.10. The van der Waals surface area contributed by atoms with Gasteiger partial charge < -0.3 is 10.1 Å². The molecule has 0 spiro atoms. The van der Waals surface area contributed by atoms with Crippen LogP contribution >= 0.6 is 0 Å². The molecule has 2 saturated heterocycles. The first kappa shape index (κ1) is 20.8. The zero-order valence-corrected chi connectivity index (χ0v) is 17.9. The number of hydrogen-bond donors (Lipinski definition) is 1. The van der Waals surface area contributed by atoms with Crippen LogP contribution in [0.2, 0.25) is 0 Å². The van der Waals surface area contributed by atoms with E-state index in [0.29, 0.717) is 23.6 Å². The lowest BCUT2D eigenvalue weighted by atomic mass is 9.88. The van der Waals surface area contributed by atoms with Crippen molar-refractivity contribution in [3.8, 4) is 6.07 Å². The van der Waals surface area contributed by atoms with E-state index in [2.05, 4.69) is 22.4 Å². The average Bonchev–Trinajstić information content (AvgIpc) is 3.37. The molecule has 3 fully saturated rings. The topological polar surface area (TPSA) is 65.4 Å². The van der Waals surface area contributed by atoms with Crippen molar-refractivity contribution in [2.45, 2.75) is 56.7 Å². The molecule has 3 aliphatic heterocycles. The number of halogens is 1. The van der Waals surface area contributed by atoms with E-state index < -0.39 is 5.92 Å². The number of ketones is 1. The molecule has 4 aliphatic rings. The summed E-state index contributed by atoms with van der Waals surface area (Å²) < 4.78 is 20.1. The zero-order valence-electron chi connectivity index (χ0n) is 17.9. The van der Waals surface area contributed by atoms with Gasteiger partial charge in [0, 0.05) is 25.6 Å². The molecule has 1 aromatic carbocycles. The van der Waals surface area contributed by atoms with Crippen molar-refractivity contribution >= 4 is 11.4 Å². The molecule has 5 nitrogen and oxygen atoms in total. The normalized spacial score (nSPS) is 29.3. The van der Waals surface area contributed by atoms with Crippen LogP contribution in [-0.4, -0.2) is 55.1 Å². The molecule has 0 aromatic heterocycles. The molecule has 6 heteroatoms. The predicted molar refractivity (Wildman–Crippen MR) is 116 cm³/mol. The van der Waals surface area contributed by atoms with Crippen molar-refractivity contribution < 1.29 is 13.9 Å². The fraction of sp³-hybridized carbons (Fsp3) is 0.600. The SMILES string of the molecule is N#C[C@@H](CC(=O)[C@H]1N[C@@H]2CC[C@H]1C2)Cc1ccc(C2=CCN(C3COC3)CC2)cc1F. The third kappa shape index (κ3) is 4.32. The van der Waals surface area contributed by atoms with E-state index >= 15 is 0 Å². The van der Waals surface area contributed by atoms with Crippen LogP contribution in [0.25, 0.3) is 5.57 Å². The van der Waals surface area contributed by atoms with Crippen molar-refractivity contribution in [2.75, 3.05) is 26.3 Å². The third-order valence-electron chi connectivity index (χ3n) is 7.60. The van der Waals surface area contributed by atoms with Gasteiger partial charge in [0.05, 0.1) is 37.3 Å². The van der Waals surface area contributed by atoms with Crippen LogP contribution in [0.4, 0.5) is 4.39 Å². The monoisotopic (exact) mass is 423 g/mol. The second-order valence-electron chi connectivity index (χ2n) is 9.59. The number of carbonyl (C=O) groups excluding carboxylic acids is 1. The number of hydrogen-bond acceptors (Lipinski definition) is 5. The van der Waals surface area contributed by atoms with Gasteiger partial charge in [0.25, 0.3) is 0 Å². The van der Waals surface area contributed by atoms with Gasteiger partial charge in [0.2, 0.25) is 0 Å². The Bertz CT molecular complexity index is 920. The smallest absolute Gasteiger partial charge is 0.151 e. The minimum Gasteiger partial charge on any atom is -0.378 e. The van der Waals surface area contributed by atoms with E-state index in [9.17, 15) is 14.4 Å². The van der Waals surface area contributed by atoms with Gasteiger partial charge in [-0.3, -0.25) is 9.69 Å². The second-order valence-corrected chi connectivity index (χ2v) is 9.59. The van der Waals surface area contributed by atoms with E-state index in [4.69, 9.17) is 4.74 Å². The molecular formula is C25H30FN3O2. The Morgan fingerprint density at radius 3 is 2.81 bits per heavy atom. The summed E-state index contributed by atoms with van der Waals surface area (Å²) >= 11 is 0. The number of rotatable bonds is 7. The van der Waals surface area contributed by atoms with Gasteiger partial charge in [0.15, 0.2) is 5.78 Å². The first-order chi connectivity index (χ1) is 15.1. The Balaban J connectivity index is 1.20. The fourth-order valence-electron chi connectivity index (χ4n) is 5.64. The van der Waals surface area contributed by atoms with Crippen LogP contribution in [-0.2, 0) is 16.0 Å². The number of fused-ring (bicyclic) bond motifs is 2. The number of ether oxygens (including phenoxy) is 1. The van der Waals surface area contributed by atoms with Gasteiger partial charge in [-0.05, 0) is 60.8 Å². The lowest BCUT2D eigenvalue weighted by Gasteiger charge is -2.38. The van der Waals surface area contributed by atoms with Gasteiger partial charge in [-0.25, -0.2) is 4.39 Å². The standard InChI is InChI=1S/C25H30FN3O2/c26-23-12-18(17-5-7-29(8-6-17)22-14-31-15-22)1-2-19(23)9-16(13-27)10-24(30)25-20-3-4-21(11-20)28-25/h1-2,5,12,16,20-22,25,28H,3-4,6-11,14-15H2/t16-,20+,21-,25+/m1/s1. The van der Waals surface area contributed by atoms with Gasteiger partial charge in [-0.2, -0.15) is 5.26 Å². The first-order valence-corrected chi connectivity index (χ1v) is 11.6. The Labute approximate surface area is 183 Å². The Morgan fingerprint density at radius 2 is 2.23 bits per heavy atom. The van der Waals surface area contributed by atoms with Crippen molar-refractivity contribution in [3.05, 3.63) is 41.2 Å². The highest BCUT2D eigenvalue weighted by molar-refractivity contribution is 5.85. The summed E-state index contributed by atoms with van der Waals surface area (Å²) in [6.45, 7) is 3.47. The highest BCUT2D eigenvalue weighted by Gasteiger charge is 2.42. The molecule has 4 atom stereocenters. The number of nitrogens with one attached hydrogen (secondary N) is 1. The van der Waals surface area contributed by atoms with Crippen molar-refractivity contribution in [2.24, 2.45) is 11.8 Å². The molecule has 5 rings (SSSR count). The van der Waals surface area contributed by atoms with Crippen molar-refractivity contribution in [1.82, 2.24) is 10.2 Å². The summed E-state index contributed by atoms with van der Waals surface area (Å²) in [5.74, 6) is -0.228. The van der Waals surface area contributed by atoms with Gasteiger partial charge in [-0.1, -0.05) is 18.2 Å². The maximum absolute atomic E-state index is 14.9. The summed E-state index contributed by atoms with van der Waals surface area (Å²) in [5.41, 5.74) is 2.62. The largest absolute Gasteiger partial charge is 0.378 e. The molecule has 0 radical (unpaired) electrons. The van der Waals surface area contributed by atoms with E-state index in [1.807, 2.05) is 6.07 Å². The minimum absolute atomic E-state index is 0.105. The van der Waals surface area contributed by atoms with Crippen LogP contribution < -0.4 is 5.32 Å². The summed E-state index contributed by atoms with van der Waals surface area (Å²) in [5, 5.41) is 13.0. The van der Waals surface area contributed by atoms with Gasteiger partial charge in [-0.15, -0.1) is 0 Å². The highest BCUT2D eigenvalue weighted by Crippen LogP contribution is 2.36. The number of Topliss-reactive ketones (excluding diaryl/α,β-unsaturated/α-hetero) is 1. The summed E-state index contributed by atoms with van der Waals surface area (Å²) in [7, 11) is 0. The molecule has 2 bridgehead atoms. The van der Waals surface area contributed by atoms with E-state index in [0.717, 1.165) is 57.6 Å². The average molecular weight is 424 g/mol. The summed E-state index contributed by atoms with van der Waals surface area (Å²) in [6.07, 6.45) is 6.90. The quantitative estimate of drug-likeness (QED) is 0.730. The van der Waals surface area contributed by atoms with Crippen LogP contribution in [0.5, 0.6) is 0 Å². The maximum Gasteiger partial charge on any atom is 0.151 e. The van der Waals surface area contributed by atoms with E-state index in [1.54, 1.807) is 12.1 Å². The summed E-state index contributed by atoms with van der Waals surface area (Å²) in [4.78, 5) is 15.1. The number of nitrogens with zero attached hydrogens (tertiary/aromatic N) is 2. The Kier molecular flexibility index (Phi) is 5.92. The zero-order chi connectivity index (χ0) is 21.4. The lowest BCUT2D eigenvalue weighted by molar-refractivity contribution is -0.122. The Morgan fingerprint density at radius 1 is 1.35 bits per heavy atom. The van der Waals surface area contributed by atoms with Crippen LogP contribution in [0, 0.1) is 29.0 Å². The molecule has 1 saturated carbocycles. The van der Waals surface area contributed by atoms with Crippen LogP contribution in [0.15, 0.2) is 24.3 Å². The van der Waals surface area contributed by atoms with Gasteiger partial charge >= 0.3 is 0 Å². The van der Waals surface area contributed by atoms with Crippen LogP contribution in [0.3, 0.4) is 0 Å². The van der Waals surface area contributed by atoms with E-state index in [1.165, 1.54) is 5.57 Å². The number of carbonyl (C=O) groups is 1. The number of piperidine rings is 1. The second kappa shape index (κ2) is 8.82. The first-order valence-electron chi connectivity index (χ1n) is 11.6. The number of nitriles is 1. The lowest BCUT2D eigenvalue weighted by Crippen LogP contribution is -2.50. The molecule has 0 unspecified atom stereocenters. The van der Waals surface area contributed by atoms with Crippen molar-refractivity contribution in [3.63, 3.8) is 0 Å². The molecule has 1 N–H and O–H groups in total. The number of benzene rings is 1. The van der Waals surface area contributed by atoms with Gasteiger partial charge in [0.1, 0.15) is 5.82 Å². The molecule has 1 aromatic rings. The Hall–Kier alpha value is -2.07. The summed E-state index contributed by atoms with van der Waals surface area (Å²) in [6, 6.07) is 8.47. The molecule has 164 valence electrons. The fourth-order valence-corrected chi connectivity index (χ4v) is 5.64. The maximum atomic E-state index is 14.9. The minimum atomic E-state index is -0.485. The molecule has 3 heterocycles. The van der Waals surface area contributed by atoms with Crippen molar-refractivity contribution in [1.29, 1.82) is 5.26 Å². The third-order valence-corrected chi connectivity index (χ3v) is 7.60. The van der Waals surface area contributed by atoms with Crippen LogP contribution in [0.1, 0.15) is 43.2 Å². The molecule has 1 aliphatic carbocycles.